The monoisotopic (exact) mass is 449 g/mol. The molecule has 3 aromatic carbocycles. The second-order valence-corrected chi connectivity index (χ2v) is 9.10. The van der Waals surface area contributed by atoms with E-state index in [1.54, 1.807) is 0 Å². The molecule has 4 nitrogen and oxygen atoms in total. The summed E-state index contributed by atoms with van der Waals surface area (Å²) in [4.78, 5) is 13.9. The highest BCUT2D eigenvalue weighted by Crippen LogP contribution is 2.58. The van der Waals surface area contributed by atoms with Crippen molar-refractivity contribution < 1.29 is 23.0 Å². The van der Waals surface area contributed by atoms with Crippen LogP contribution in [0, 0.1) is 17.6 Å². The highest BCUT2D eigenvalue weighted by atomic mass is 19.1. The van der Waals surface area contributed by atoms with Crippen molar-refractivity contribution >= 4 is 11.6 Å². The summed E-state index contributed by atoms with van der Waals surface area (Å²) in [5, 5.41) is 3.04. The summed E-state index contributed by atoms with van der Waals surface area (Å²) in [6, 6.07) is 16.6. The fourth-order valence-electron chi connectivity index (χ4n) is 5.43. The number of ether oxygens (including phenoxy) is 2. The molecule has 0 fully saturated rings. The van der Waals surface area contributed by atoms with Gasteiger partial charge in [-0.1, -0.05) is 30.3 Å². The lowest BCUT2D eigenvalue weighted by Gasteiger charge is -2.50. The number of carbonyl (C=O) groups is 1. The van der Waals surface area contributed by atoms with Gasteiger partial charge >= 0.3 is 0 Å². The largest absolute Gasteiger partial charge is 0.494 e. The first-order valence-electron chi connectivity index (χ1n) is 11.1. The zero-order valence-corrected chi connectivity index (χ0v) is 18.7. The Kier molecular flexibility index (Phi) is 4.92. The predicted molar refractivity (Wildman–Crippen MR) is 122 cm³/mol. The number of amides is 1. The summed E-state index contributed by atoms with van der Waals surface area (Å²) in [5.74, 6) is -0.712. The van der Waals surface area contributed by atoms with Gasteiger partial charge in [0, 0.05) is 29.3 Å². The van der Waals surface area contributed by atoms with E-state index in [1.807, 2.05) is 63.2 Å². The van der Waals surface area contributed by atoms with Gasteiger partial charge < -0.3 is 14.8 Å². The molecule has 0 bridgehead atoms. The number of benzene rings is 3. The Balaban J connectivity index is 1.76. The second kappa shape index (κ2) is 7.58. The van der Waals surface area contributed by atoms with Gasteiger partial charge in [0.05, 0.1) is 6.61 Å². The van der Waals surface area contributed by atoms with Crippen LogP contribution in [-0.2, 0) is 16.6 Å². The van der Waals surface area contributed by atoms with Crippen molar-refractivity contribution in [3.8, 4) is 11.5 Å². The molecule has 170 valence electrons. The Bertz CT molecular complexity index is 1260. The maximum absolute atomic E-state index is 14.8. The van der Waals surface area contributed by atoms with E-state index in [-0.39, 0.29) is 12.3 Å². The van der Waals surface area contributed by atoms with E-state index < -0.39 is 28.6 Å². The Hall–Kier alpha value is -3.41. The number of para-hydroxylation sites is 1. The zero-order chi connectivity index (χ0) is 23.4. The summed E-state index contributed by atoms with van der Waals surface area (Å²) in [6.45, 7) is 6.22. The van der Waals surface area contributed by atoms with Crippen LogP contribution >= 0.6 is 0 Å². The molecule has 2 atom stereocenters. The molecule has 6 heteroatoms. The summed E-state index contributed by atoms with van der Waals surface area (Å²) >= 11 is 0. The molecule has 1 N–H and O–H groups in total. The minimum Gasteiger partial charge on any atom is -0.494 e. The van der Waals surface area contributed by atoms with Crippen molar-refractivity contribution in [1.82, 2.24) is 0 Å². The van der Waals surface area contributed by atoms with E-state index in [0.29, 0.717) is 29.2 Å². The van der Waals surface area contributed by atoms with Gasteiger partial charge in [-0.05, 0) is 56.5 Å². The second-order valence-electron chi connectivity index (χ2n) is 9.10. The van der Waals surface area contributed by atoms with Gasteiger partial charge in [0.25, 0.3) is 0 Å². The van der Waals surface area contributed by atoms with E-state index in [9.17, 15) is 13.6 Å². The van der Waals surface area contributed by atoms with Gasteiger partial charge in [0.2, 0.25) is 5.91 Å². The summed E-state index contributed by atoms with van der Waals surface area (Å²) in [7, 11) is 0. The standard InChI is InChI=1S/C27H25F2NO3/c1-4-32-18-11-12-20-23(15-18)33-26(2,3)24(13-16-9-10-17(28)14-21(16)29)27(20)19-7-5-6-8-22(19)30-25(27)31/h5-12,14-15,24H,4,13H2,1-3H3,(H,30,31). The number of rotatable bonds is 4. The van der Waals surface area contributed by atoms with Crippen molar-refractivity contribution in [3.63, 3.8) is 0 Å². The summed E-state index contributed by atoms with van der Waals surface area (Å²) < 4.78 is 40.5. The molecule has 0 aliphatic carbocycles. The number of nitrogens with one attached hydrogen (secondary N) is 1. The van der Waals surface area contributed by atoms with Crippen LogP contribution in [0.4, 0.5) is 14.5 Å². The fraction of sp³-hybridized carbons (Fsp3) is 0.296. The summed E-state index contributed by atoms with van der Waals surface area (Å²) in [5.41, 5.74) is 0.630. The average molecular weight is 449 g/mol. The normalized spacial score (nSPS) is 22.3. The maximum atomic E-state index is 14.8. The van der Waals surface area contributed by atoms with E-state index in [1.165, 1.54) is 12.1 Å². The molecule has 2 aliphatic rings. The predicted octanol–water partition coefficient (Wildman–Crippen LogP) is 5.63. The van der Waals surface area contributed by atoms with E-state index in [4.69, 9.17) is 9.47 Å². The van der Waals surface area contributed by atoms with Gasteiger partial charge in [-0.2, -0.15) is 0 Å². The topological polar surface area (TPSA) is 47.6 Å². The van der Waals surface area contributed by atoms with Crippen LogP contribution in [0.15, 0.2) is 60.7 Å². The van der Waals surface area contributed by atoms with Crippen LogP contribution in [0.1, 0.15) is 37.5 Å². The molecular weight excluding hydrogens is 424 g/mol. The molecule has 1 spiro atoms. The maximum Gasteiger partial charge on any atom is 0.240 e. The molecule has 5 rings (SSSR count). The van der Waals surface area contributed by atoms with Crippen LogP contribution in [0.2, 0.25) is 0 Å². The van der Waals surface area contributed by atoms with Crippen molar-refractivity contribution in [2.24, 2.45) is 5.92 Å². The fourth-order valence-corrected chi connectivity index (χ4v) is 5.43. The molecule has 2 unspecified atom stereocenters. The first-order chi connectivity index (χ1) is 15.8. The molecule has 0 aromatic heterocycles. The van der Waals surface area contributed by atoms with Crippen LogP contribution < -0.4 is 14.8 Å². The first-order valence-corrected chi connectivity index (χ1v) is 11.1. The molecule has 3 aromatic rings. The van der Waals surface area contributed by atoms with Crippen LogP contribution in [0.25, 0.3) is 0 Å². The number of hydrogen-bond donors (Lipinski definition) is 1. The first kappa shape index (κ1) is 21.4. The lowest BCUT2D eigenvalue weighted by molar-refractivity contribution is -0.126. The van der Waals surface area contributed by atoms with Gasteiger partial charge in [-0.15, -0.1) is 0 Å². The molecular formula is C27H25F2NO3. The number of fused-ring (bicyclic) bond motifs is 4. The molecule has 0 saturated heterocycles. The SMILES string of the molecule is CCOc1ccc2c(c1)OC(C)(C)C(Cc1ccc(F)cc1F)C21C(=O)Nc2ccccc21. The Morgan fingerprint density at radius 2 is 1.82 bits per heavy atom. The molecule has 2 heterocycles. The third-order valence-corrected chi connectivity index (χ3v) is 6.82. The quantitative estimate of drug-likeness (QED) is 0.562. The smallest absolute Gasteiger partial charge is 0.240 e. The average Bonchev–Trinajstić information content (AvgIpc) is 3.04. The van der Waals surface area contributed by atoms with Crippen LogP contribution in [-0.4, -0.2) is 18.1 Å². The summed E-state index contributed by atoms with van der Waals surface area (Å²) in [6.07, 6.45) is 0.188. The number of halogens is 2. The zero-order valence-electron chi connectivity index (χ0n) is 18.7. The van der Waals surface area contributed by atoms with Crippen molar-refractivity contribution in [3.05, 3.63) is 89.0 Å². The lowest BCUT2D eigenvalue weighted by atomic mass is 9.58. The highest BCUT2D eigenvalue weighted by Gasteiger charge is 2.62. The van der Waals surface area contributed by atoms with E-state index >= 15 is 0 Å². The minimum atomic E-state index is -1.11. The van der Waals surface area contributed by atoms with Crippen molar-refractivity contribution in [2.75, 3.05) is 11.9 Å². The molecule has 2 aliphatic heterocycles. The van der Waals surface area contributed by atoms with Crippen LogP contribution in [0.3, 0.4) is 0 Å². The number of carbonyl (C=O) groups excluding carboxylic acids is 1. The molecule has 33 heavy (non-hydrogen) atoms. The van der Waals surface area contributed by atoms with Crippen molar-refractivity contribution in [1.29, 1.82) is 0 Å². The minimum absolute atomic E-state index is 0.182. The molecule has 0 radical (unpaired) electrons. The van der Waals surface area contributed by atoms with Gasteiger partial charge in [0.15, 0.2) is 0 Å². The Labute approximate surface area is 191 Å². The lowest BCUT2D eigenvalue weighted by Crippen LogP contribution is -2.58. The van der Waals surface area contributed by atoms with Crippen LogP contribution in [0.5, 0.6) is 11.5 Å². The van der Waals surface area contributed by atoms with Gasteiger partial charge in [0.1, 0.15) is 34.1 Å². The van der Waals surface area contributed by atoms with Gasteiger partial charge in [-0.25, -0.2) is 8.78 Å². The third kappa shape index (κ3) is 3.19. The Morgan fingerprint density at radius 1 is 1.03 bits per heavy atom. The van der Waals surface area contributed by atoms with Crippen molar-refractivity contribution in [2.45, 2.75) is 38.2 Å². The number of hydrogen-bond acceptors (Lipinski definition) is 3. The highest BCUT2D eigenvalue weighted by molar-refractivity contribution is 6.09. The van der Waals surface area contributed by atoms with Gasteiger partial charge in [-0.3, -0.25) is 4.79 Å². The molecule has 0 saturated carbocycles. The number of anilines is 1. The molecule has 1 amide bonds. The van der Waals surface area contributed by atoms with E-state index in [0.717, 1.165) is 17.3 Å². The Morgan fingerprint density at radius 3 is 2.58 bits per heavy atom. The van der Waals surface area contributed by atoms with E-state index in [2.05, 4.69) is 5.32 Å². The third-order valence-electron chi connectivity index (χ3n) is 6.82.